The number of aliphatic hydroxyl groups is 1. The Morgan fingerprint density at radius 1 is 1.31 bits per heavy atom. The summed E-state index contributed by atoms with van der Waals surface area (Å²) in [7, 11) is 0. The fourth-order valence-electron chi connectivity index (χ4n) is 5.66. The number of benzene rings is 1. The third-order valence-electron chi connectivity index (χ3n) is 6.91. The summed E-state index contributed by atoms with van der Waals surface area (Å²) in [6, 6.07) is 5.96. The van der Waals surface area contributed by atoms with Gasteiger partial charge in [0.2, 0.25) is 0 Å². The first kappa shape index (κ1) is 19.0. The van der Waals surface area contributed by atoms with Crippen molar-refractivity contribution in [3.8, 4) is 5.75 Å². The Bertz CT molecular complexity index is 683. The number of ether oxygens (including phenoxy) is 1. The van der Waals surface area contributed by atoms with Crippen molar-refractivity contribution in [1.82, 2.24) is 0 Å². The number of carbonyl (C=O) groups is 1. The normalized spacial score (nSPS) is 34.4. The van der Waals surface area contributed by atoms with E-state index in [2.05, 4.69) is 24.3 Å². The third kappa shape index (κ3) is 3.39. The highest BCUT2D eigenvalue weighted by Crippen LogP contribution is 2.60. The van der Waals surface area contributed by atoms with Gasteiger partial charge < -0.3 is 14.9 Å². The number of phenols is 1. The van der Waals surface area contributed by atoms with Gasteiger partial charge in [0.25, 0.3) is 0 Å². The van der Waals surface area contributed by atoms with Crippen LogP contribution in [0.2, 0.25) is 0 Å². The molecular formula is C22H30O4. The molecule has 0 aliphatic heterocycles. The minimum Gasteiger partial charge on any atom is -0.508 e. The van der Waals surface area contributed by atoms with Crippen molar-refractivity contribution in [3.63, 3.8) is 0 Å². The number of rotatable bonds is 1. The van der Waals surface area contributed by atoms with E-state index < -0.39 is 0 Å². The lowest BCUT2D eigenvalue weighted by molar-refractivity contribution is -0.135. The van der Waals surface area contributed by atoms with Gasteiger partial charge in [0.15, 0.2) is 0 Å². The summed E-state index contributed by atoms with van der Waals surface area (Å²) in [6.07, 6.45) is 7.88. The van der Waals surface area contributed by atoms with Gasteiger partial charge in [-0.15, -0.1) is 0 Å². The van der Waals surface area contributed by atoms with Crippen molar-refractivity contribution >= 4 is 5.97 Å². The highest BCUT2D eigenvalue weighted by Gasteiger charge is 2.54. The van der Waals surface area contributed by atoms with Crippen LogP contribution >= 0.6 is 0 Å². The number of aryl methyl sites for hydroxylation is 1. The summed E-state index contributed by atoms with van der Waals surface area (Å²) in [5.74, 6) is 2.16. The van der Waals surface area contributed by atoms with Gasteiger partial charge in [-0.3, -0.25) is 4.79 Å². The van der Waals surface area contributed by atoms with Gasteiger partial charge in [-0.1, -0.05) is 19.6 Å². The molecule has 0 spiro atoms. The van der Waals surface area contributed by atoms with E-state index >= 15 is 0 Å². The second kappa shape index (κ2) is 7.43. The van der Waals surface area contributed by atoms with Crippen LogP contribution in [0.5, 0.6) is 5.75 Å². The van der Waals surface area contributed by atoms with Crippen LogP contribution in [0.25, 0.3) is 0 Å². The van der Waals surface area contributed by atoms with Crippen LogP contribution in [-0.4, -0.2) is 22.3 Å². The quantitative estimate of drug-likeness (QED) is 0.580. The predicted octanol–water partition coefficient (Wildman–Crippen LogP) is 4.30. The molecule has 1 aromatic rings. The molecule has 3 aliphatic carbocycles. The maximum absolute atomic E-state index is 10.4. The summed E-state index contributed by atoms with van der Waals surface area (Å²) in [5.41, 5.74) is 2.99. The molecule has 142 valence electrons. The first-order chi connectivity index (χ1) is 12.4. The smallest absolute Gasteiger partial charge is 0.307 e. The van der Waals surface area contributed by atoms with Crippen molar-refractivity contribution in [1.29, 1.82) is 0 Å². The summed E-state index contributed by atoms with van der Waals surface area (Å²) >= 11 is 0. The van der Waals surface area contributed by atoms with Crippen LogP contribution in [0.4, 0.5) is 0 Å². The molecule has 4 nitrogen and oxygen atoms in total. The van der Waals surface area contributed by atoms with Crippen molar-refractivity contribution in [2.75, 3.05) is 0 Å². The first-order valence-corrected chi connectivity index (χ1v) is 9.64. The van der Waals surface area contributed by atoms with Gasteiger partial charge in [-0.05, 0) is 85.0 Å². The molecule has 3 aliphatic rings. The van der Waals surface area contributed by atoms with Crippen molar-refractivity contribution in [3.05, 3.63) is 42.2 Å². The third-order valence-corrected chi connectivity index (χ3v) is 6.91. The highest BCUT2D eigenvalue weighted by molar-refractivity contribution is 5.66. The standard InChI is InChI=1S/C18H24O2.C4H6O2/c1-18-9-8-14-13-5-3-12(19)10-11(13)2-4-15(14)16(18)6-7-17(18)20;1-3-6-4(2)5/h3,5,10,14-17,19-20H,2,4,6-9H2,1H3;3H,1H2,2H3/t14-,15-,16+,17+,18+;/m1./s1. The van der Waals surface area contributed by atoms with E-state index in [0.29, 0.717) is 17.6 Å². The Balaban J connectivity index is 0.000000286. The fraction of sp³-hybridized carbons (Fsp3) is 0.591. The van der Waals surface area contributed by atoms with Gasteiger partial charge in [0.05, 0.1) is 12.4 Å². The average molecular weight is 358 g/mol. The van der Waals surface area contributed by atoms with E-state index in [9.17, 15) is 15.0 Å². The number of aliphatic hydroxyl groups excluding tert-OH is 1. The lowest BCUT2D eigenvalue weighted by Gasteiger charge is -2.50. The molecule has 1 aromatic carbocycles. The predicted molar refractivity (Wildman–Crippen MR) is 101 cm³/mol. The Labute approximate surface area is 155 Å². The van der Waals surface area contributed by atoms with Crippen molar-refractivity contribution < 1.29 is 19.7 Å². The molecule has 26 heavy (non-hydrogen) atoms. The number of aromatic hydroxyl groups is 1. The van der Waals surface area contributed by atoms with Crippen molar-refractivity contribution in [2.24, 2.45) is 17.3 Å². The Morgan fingerprint density at radius 3 is 2.73 bits per heavy atom. The lowest BCUT2D eigenvalue weighted by Crippen LogP contribution is -2.43. The highest BCUT2D eigenvalue weighted by atomic mass is 16.5. The fourth-order valence-corrected chi connectivity index (χ4v) is 5.66. The summed E-state index contributed by atoms with van der Waals surface area (Å²) < 4.78 is 4.17. The van der Waals surface area contributed by atoms with E-state index in [1.807, 2.05) is 12.1 Å². The molecule has 0 saturated heterocycles. The van der Waals surface area contributed by atoms with Crippen LogP contribution in [0.1, 0.15) is 63.0 Å². The summed E-state index contributed by atoms with van der Waals surface area (Å²) in [5, 5.41) is 20.0. The number of carbonyl (C=O) groups excluding carboxylic acids is 1. The second-order valence-electron chi connectivity index (χ2n) is 8.21. The van der Waals surface area contributed by atoms with Crippen molar-refractivity contribution in [2.45, 2.75) is 64.4 Å². The largest absolute Gasteiger partial charge is 0.508 e. The molecule has 5 atom stereocenters. The minimum atomic E-state index is -0.329. The lowest BCUT2D eigenvalue weighted by atomic mass is 9.55. The summed E-state index contributed by atoms with van der Waals surface area (Å²) in [6.45, 7) is 6.80. The zero-order valence-corrected chi connectivity index (χ0v) is 15.8. The average Bonchev–Trinajstić information content (AvgIpc) is 2.90. The van der Waals surface area contributed by atoms with E-state index in [1.54, 1.807) is 0 Å². The molecule has 2 N–H and O–H groups in total. The minimum absolute atomic E-state index is 0.0883. The molecule has 0 unspecified atom stereocenters. The molecule has 0 bridgehead atoms. The molecule has 4 rings (SSSR count). The van der Waals surface area contributed by atoms with E-state index in [-0.39, 0.29) is 17.5 Å². The zero-order chi connectivity index (χ0) is 18.9. The first-order valence-electron chi connectivity index (χ1n) is 9.64. The molecule has 0 heterocycles. The zero-order valence-electron chi connectivity index (χ0n) is 15.8. The molecule has 0 amide bonds. The monoisotopic (exact) mass is 358 g/mol. The number of phenolic OH excluding ortho intramolecular Hbond substituents is 1. The maximum atomic E-state index is 10.4. The van der Waals surface area contributed by atoms with Gasteiger partial charge in [-0.25, -0.2) is 0 Å². The molecular weight excluding hydrogens is 328 g/mol. The number of esters is 1. The topological polar surface area (TPSA) is 66.8 Å². The van der Waals surface area contributed by atoms with Crippen LogP contribution in [0, 0.1) is 17.3 Å². The van der Waals surface area contributed by atoms with Gasteiger partial charge in [0, 0.05) is 6.92 Å². The van der Waals surface area contributed by atoms with Crippen LogP contribution in [-0.2, 0) is 16.0 Å². The molecule has 2 fully saturated rings. The van der Waals surface area contributed by atoms with Crippen LogP contribution in [0.3, 0.4) is 0 Å². The van der Waals surface area contributed by atoms with Gasteiger partial charge in [-0.2, -0.15) is 0 Å². The van der Waals surface area contributed by atoms with E-state index in [0.717, 1.165) is 31.4 Å². The van der Waals surface area contributed by atoms with Gasteiger partial charge >= 0.3 is 5.97 Å². The number of fused-ring (bicyclic) bond motifs is 5. The molecule has 2 saturated carbocycles. The Kier molecular flexibility index (Phi) is 5.42. The van der Waals surface area contributed by atoms with E-state index in [1.165, 1.54) is 37.3 Å². The SMILES string of the molecule is C=COC(C)=O.C[C@]12CC[C@@H]3c4ccc(O)cc4CC[C@H]3[C@@H]1CC[C@@H]2O. The maximum Gasteiger partial charge on any atom is 0.307 e. The summed E-state index contributed by atoms with van der Waals surface area (Å²) in [4.78, 5) is 9.75. The van der Waals surface area contributed by atoms with Crippen LogP contribution in [0.15, 0.2) is 31.0 Å². The molecule has 4 heteroatoms. The van der Waals surface area contributed by atoms with Crippen LogP contribution < -0.4 is 0 Å². The number of hydrogen-bond acceptors (Lipinski definition) is 4. The molecule has 0 aromatic heterocycles. The number of hydrogen-bond donors (Lipinski definition) is 2. The van der Waals surface area contributed by atoms with E-state index in [4.69, 9.17) is 0 Å². The second-order valence-corrected chi connectivity index (χ2v) is 8.21. The Morgan fingerprint density at radius 2 is 2.08 bits per heavy atom. The Hall–Kier alpha value is -1.81. The van der Waals surface area contributed by atoms with Gasteiger partial charge in [0.1, 0.15) is 5.75 Å². The molecule has 0 radical (unpaired) electrons.